The second-order valence-corrected chi connectivity index (χ2v) is 3.93. The highest BCUT2D eigenvalue weighted by molar-refractivity contribution is 14.1. The van der Waals surface area contributed by atoms with E-state index < -0.39 is 11.0 Å². The number of non-ortho nitro benzene ring substituents is 1. The van der Waals surface area contributed by atoms with Crippen molar-refractivity contribution in [3.63, 3.8) is 0 Å². The Morgan fingerprint density at radius 1 is 1.62 bits per heavy atom. The van der Waals surface area contributed by atoms with Gasteiger partial charge in [-0.25, -0.2) is 4.79 Å². The van der Waals surface area contributed by atoms with E-state index in [1.807, 2.05) is 22.6 Å². The fraction of sp³-hybridized carbons (Fsp3) is 0.222. The minimum atomic E-state index is -0.624. The lowest BCUT2D eigenvalue weighted by Crippen LogP contribution is -2.14. The Balaban J connectivity index is 2.90. The molecule has 0 aliphatic carbocycles. The first-order valence-corrected chi connectivity index (χ1v) is 5.50. The number of nitrogens with zero attached hydrogens (tertiary/aromatic N) is 1. The van der Waals surface area contributed by atoms with Crippen LogP contribution in [0.3, 0.4) is 0 Å². The molecule has 1 rings (SSSR count). The topological polar surface area (TPSA) is 81.5 Å². The summed E-state index contributed by atoms with van der Waals surface area (Å²) in [5.41, 5.74) is 0.292. The Kier molecular flexibility index (Phi) is 4.47. The third-order valence-electron chi connectivity index (χ3n) is 1.67. The van der Waals surface area contributed by atoms with Crippen LogP contribution in [0.15, 0.2) is 18.2 Å². The molecule has 0 bridgehead atoms. The van der Waals surface area contributed by atoms with Crippen LogP contribution >= 0.6 is 22.6 Å². The summed E-state index contributed by atoms with van der Waals surface area (Å²) in [7, 11) is 0. The highest BCUT2D eigenvalue weighted by atomic mass is 127. The minimum absolute atomic E-state index is 0.0767. The van der Waals surface area contributed by atoms with Crippen LogP contribution in [0.2, 0.25) is 0 Å². The molecule has 0 aliphatic heterocycles. The molecular weight excluding hydrogens is 327 g/mol. The summed E-state index contributed by atoms with van der Waals surface area (Å²) >= 11 is 1.97. The molecule has 0 saturated heterocycles. The van der Waals surface area contributed by atoms with Gasteiger partial charge in [-0.15, -0.1) is 0 Å². The number of hydrogen-bond donors (Lipinski definition) is 1. The van der Waals surface area contributed by atoms with E-state index >= 15 is 0 Å². The highest BCUT2D eigenvalue weighted by Gasteiger charge is 2.11. The number of nitro groups is 1. The number of amides is 1. The van der Waals surface area contributed by atoms with Crippen molar-refractivity contribution in [1.82, 2.24) is 0 Å². The highest BCUT2D eigenvalue weighted by Crippen LogP contribution is 2.23. The van der Waals surface area contributed by atoms with Crippen molar-refractivity contribution in [1.29, 1.82) is 0 Å². The zero-order valence-corrected chi connectivity index (χ0v) is 10.6. The van der Waals surface area contributed by atoms with E-state index in [9.17, 15) is 14.9 Å². The van der Waals surface area contributed by atoms with Crippen LogP contribution in [-0.4, -0.2) is 17.6 Å². The van der Waals surface area contributed by atoms with Crippen LogP contribution in [0.1, 0.15) is 6.92 Å². The smallest absolute Gasteiger partial charge is 0.411 e. The number of ether oxygens (including phenoxy) is 1. The molecule has 0 spiro atoms. The maximum atomic E-state index is 11.1. The van der Waals surface area contributed by atoms with E-state index in [0.29, 0.717) is 9.26 Å². The molecule has 1 amide bonds. The van der Waals surface area contributed by atoms with E-state index in [-0.39, 0.29) is 12.3 Å². The van der Waals surface area contributed by atoms with Gasteiger partial charge >= 0.3 is 6.09 Å². The number of halogens is 1. The van der Waals surface area contributed by atoms with E-state index in [1.54, 1.807) is 13.0 Å². The molecule has 16 heavy (non-hydrogen) atoms. The van der Waals surface area contributed by atoms with Crippen molar-refractivity contribution >= 4 is 40.1 Å². The molecule has 7 heteroatoms. The second kappa shape index (κ2) is 5.64. The molecule has 1 aromatic rings. The van der Waals surface area contributed by atoms with Gasteiger partial charge < -0.3 is 4.74 Å². The van der Waals surface area contributed by atoms with Crippen molar-refractivity contribution in [3.8, 4) is 0 Å². The lowest BCUT2D eigenvalue weighted by molar-refractivity contribution is -0.384. The van der Waals surface area contributed by atoms with Crippen LogP contribution in [0, 0.1) is 13.7 Å². The molecule has 0 heterocycles. The predicted octanol–water partition coefficient (Wildman–Crippen LogP) is 2.77. The fourth-order valence-electron chi connectivity index (χ4n) is 1.000. The summed E-state index contributed by atoms with van der Waals surface area (Å²) in [5, 5.41) is 13.0. The molecule has 0 saturated carbocycles. The lowest BCUT2D eigenvalue weighted by Gasteiger charge is -2.06. The van der Waals surface area contributed by atoms with Gasteiger partial charge in [-0.3, -0.25) is 15.4 Å². The van der Waals surface area contributed by atoms with Crippen molar-refractivity contribution in [2.45, 2.75) is 6.92 Å². The molecule has 1 N–H and O–H groups in total. The average Bonchev–Trinajstić information content (AvgIpc) is 2.21. The fourth-order valence-corrected chi connectivity index (χ4v) is 1.47. The third-order valence-corrected chi connectivity index (χ3v) is 2.61. The Bertz CT molecular complexity index is 422. The first-order valence-electron chi connectivity index (χ1n) is 4.42. The van der Waals surface area contributed by atoms with Gasteiger partial charge in [0.2, 0.25) is 0 Å². The van der Waals surface area contributed by atoms with E-state index in [2.05, 4.69) is 10.1 Å². The Hall–Kier alpha value is -1.38. The summed E-state index contributed by atoms with van der Waals surface area (Å²) in [4.78, 5) is 21.2. The van der Waals surface area contributed by atoms with Gasteiger partial charge in [-0.05, 0) is 35.6 Å². The van der Waals surface area contributed by atoms with Crippen molar-refractivity contribution < 1.29 is 14.5 Å². The standard InChI is InChI=1S/C9H9IN2O4/c1-2-16-9(13)11-8-5-6(12(14)15)3-4-7(8)10/h3-5H,2H2,1H3,(H,11,13). The molecule has 0 aromatic heterocycles. The van der Waals surface area contributed by atoms with Gasteiger partial charge in [0.25, 0.3) is 5.69 Å². The Labute approximate surface area is 105 Å². The first-order chi connectivity index (χ1) is 7.54. The van der Waals surface area contributed by atoms with Crippen LogP contribution in [0.25, 0.3) is 0 Å². The Morgan fingerprint density at radius 2 is 2.31 bits per heavy atom. The molecule has 0 radical (unpaired) electrons. The van der Waals surface area contributed by atoms with Crippen molar-refractivity contribution in [2.24, 2.45) is 0 Å². The lowest BCUT2D eigenvalue weighted by atomic mass is 10.3. The van der Waals surface area contributed by atoms with Gasteiger partial charge in [-0.1, -0.05) is 0 Å². The molecule has 1 aromatic carbocycles. The maximum Gasteiger partial charge on any atom is 0.411 e. The van der Waals surface area contributed by atoms with E-state index in [4.69, 9.17) is 0 Å². The zero-order valence-electron chi connectivity index (χ0n) is 8.40. The monoisotopic (exact) mass is 336 g/mol. The van der Waals surface area contributed by atoms with Crippen LogP contribution in [0.5, 0.6) is 0 Å². The summed E-state index contributed by atoms with van der Waals surface area (Å²) in [5.74, 6) is 0. The van der Waals surface area contributed by atoms with Gasteiger partial charge in [0, 0.05) is 15.7 Å². The maximum absolute atomic E-state index is 11.1. The summed E-state index contributed by atoms with van der Waals surface area (Å²) in [6, 6.07) is 4.22. The number of benzene rings is 1. The van der Waals surface area contributed by atoms with Gasteiger partial charge in [0.15, 0.2) is 0 Å². The Morgan fingerprint density at radius 3 is 2.88 bits per heavy atom. The molecule has 0 atom stereocenters. The number of carbonyl (C=O) groups is 1. The quantitative estimate of drug-likeness (QED) is 0.523. The number of nitrogens with one attached hydrogen (secondary N) is 1. The third kappa shape index (κ3) is 3.33. The SMILES string of the molecule is CCOC(=O)Nc1cc([N+](=O)[O-])ccc1I. The number of nitro benzene ring substituents is 1. The summed E-state index contributed by atoms with van der Waals surface area (Å²) in [6.45, 7) is 1.93. The average molecular weight is 336 g/mol. The van der Waals surface area contributed by atoms with Gasteiger partial charge in [-0.2, -0.15) is 0 Å². The van der Waals surface area contributed by atoms with Gasteiger partial charge in [0.1, 0.15) is 0 Å². The molecule has 6 nitrogen and oxygen atoms in total. The summed E-state index contributed by atoms with van der Waals surface area (Å²) in [6.07, 6.45) is -0.624. The number of anilines is 1. The van der Waals surface area contributed by atoms with E-state index in [0.717, 1.165) is 0 Å². The predicted molar refractivity (Wildman–Crippen MR) is 66.5 cm³/mol. The minimum Gasteiger partial charge on any atom is -0.450 e. The van der Waals surface area contributed by atoms with Crippen molar-refractivity contribution in [2.75, 3.05) is 11.9 Å². The van der Waals surface area contributed by atoms with Crippen LogP contribution in [-0.2, 0) is 4.74 Å². The van der Waals surface area contributed by atoms with E-state index in [1.165, 1.54) is 12.1 Å². The number of rotatable bonds is 3. The molecule has 0 aliphatic rings. The number of hydrogen-bond acceptors (Lipinski definition) is 4. The molecule has 0 unspecified atom stereocenters. The first kappa shape index (κ1) is 12.7. The van der Waals surface area contributed by atoms with Crippen LogP contribution < -0.4 is 5.32 Å². The number of carbonyl (C=O) groups excluding carboxylic acids is 1. The molecule has 86 valence electrons. The van der Waals surface area contributed by atoms with Crippen LogP contribution in [0.4, 0.5) is 16.2 Å². The second-order valence-electron chi connectivity index (χ2n) is 2.77. The normalized spacial score (nSPS) is 9.62. The molecule has 0 fully saturated rings. The summed E-state index contributed by atoms with van der Waals surface area (Å²) < 4.78 is 5.38. The largest absolute Gasteiger partial charge is 0.450 e. The zero-order chi connectivity index (χ0) is 12.1. The van der Waals surface area contributed by atoms with Gasteiger partial charge in [0.05, 0.1) is 17.2 Å². The molecular formula is C9H9IN2O4. The van der Waals surface area contributed by atoms with Crippen molar-refractivity contribution in [3.05, 3.63) is 31.9 Å².